The van der Waals surface area contributed by atoms with E-state index < -0.39 is 30.4 Å². The number of nitrogens with zero attached hydrogens (tertiary/aromatic N) is 6. The predicted octanol–water partition coefficient (Wildman–Crippen LogP) is -0.929. The molecule has 36 heavy (non-hydrogen) atoms. The molecule has 13 heteroatoms. The van der Waals surface area contributed by atoms with Gasteiger partial charge in [0.05, 0.1) is 12.9 Å². The highest BCUT2D eigenvalue weighted by Gasteiger charge is 2.47. The van der Waals surface area contributed by atoms with Gasteiger partial charge in [-0.1, -0.05) is 12.0 Å². The summed E-state index contributed by atoms with van der Waals surface area (Å²) >= 11 is 0. The maximum Gasteiger partial charge on any atom is 0.273 e. The van der Waals surface area contributed by atoms with Crippen LogP contribution in [0.25, 0.3) is 11.2 Å². The molecule has 4 rings (SSSR count). The first-order chi connectivity index (χ1) is 17.2. The van der Waals surface area contributed by atoms with Gasteiger partial charge in [0.15, 0.2) is 23.8 Å². The summed E-state index contributed by atoms with van der Waals surface area (Å²) < 4.78 is 6.96. The zero-order valence-corrected chi connectivity index (χ0v) is 19.9. The van der Waals surface area contributed by atoms with Crippen LogP contribution in [0.15, 0.2) is 30.7 Å². The minimum atomic E-state index is -1.45. The van der Waals surface area contributed by atoms with E-state index in [9.17, 15) is 19.8 Å². The Labute approximate surface area is 206 Å². The average Bonchev–Trinajstić information content (AvgIpc) is 3.42. The van der Waals surface area contributed by atoms with Gasteiger partial charge in [0, 0.05) is 19.3 Å². The Kier molecular flexibility index (Phi) is 7.11. The molecule has 4 atom stereocenters. The second kappa shape index (κ2) is 10.2. The Bertz CT molecular complexity index is 1330. The van der Waals surface area contributed by atoms with E-state index in [1.807, 2.05) is 13.8 Å². The summed E-state index contributed by atoms with van der Waals surface area (Å²) in [4.78, 5) is 43.2. The summed E-state index contributed by atoms with van der Waals surface area (Å²) in [5, 5.41) is 23.1. The molecule has 1 aliphatic heterocycles. The van der Waals surface area contributed by atoms with Crippen molar-refractivity contribution in [3.63, 3.8) is 0 Å². The first kappa shape index (κ1) is 25.0. The van der Waals surface area contributed by atoms with Gasteiger partial charge in [-0.3, -0.25) is 19.1 Å². The van der Waals surface area contributed by atoms with E-state index in [1.54, 1.807) is 29.3 Å². The molecule has 1 fully saturated rings. The number of carbonyl (C=O) groups excluding carboxylic acids is 2. The molecule has 5 N–H and O–H groups in total. The number of nitrogens with two attached hydrogens (primary N) is 1. The Morgan fingerprint density at radius 1 is 1.25 bits per heavy atom. The van der Waals surface area contributed by atoms with Crippen LogP contribution in [0.3, 0.4) is 0 Å². The van der Waals surface area contributed by atoms with E-state index in [-0.39, 0.29) is 41.3 Å². The topological polar surface area (TPSA) is 182 Å². The minimum absolute atomic E-state index is 0.0456. The second-order valence-corrected chi connectivity index (χ2v) is 8.34. The fourth-order valence-electron chi connectivity index (χ4n) is 3.76. The molecular weight excluding hydrogens is 468 g/mol. The van der Waals surface area contributed by atoms with Crippen LogP contribution in [0.1, 0.15) is 36.4 Å². The number of ether oxygens (including phenoxy) is 1. The number of nitrogen functional groups attached to an aromatic ring is 1. The number of hydrogen-bond donors (Lipinski definition) is 4. The van der Waals surface area contributed by atoms with E-state index >= 15 is 0 Å². The standard InChI is InChI=1S/C23H26N8O5/c1-12(2)30(22(35)13-7-4-5-9-26-13)10-6-8-14-28-19(24)15-20(29-14)31(11-27-15)23-17(33)16(32)18(36-23)21(34)25-3/h4-5,7,9,11-12,16-18,23,32-33H,10H2,1-3H3,(H,25,34)(H2,24,28,29)/t16-,17?,18-,23+/m0/s1. The van der Waals surface area contributed by atoms with Crippen LogP contribution in [0, 0.1) is 11.8 Å². The number of likely N-dealkylation sites (N-methyl/N-ethyl adjacent to an activating group) is 1. The zero-order valence-electron chi connectivity index (χ0n) is 19.9. The van der Waals surface area contributed by atoms with Crippen molar-refractivity contribution in [1.29, 1.82) is 0 Å². The highest BCUT2D eigenvalue weighted by atomic mass is 16.6. The second-order valence-electron chi connectivity index (χ2n) is 8.34. The number of rotatable bonds is 5. The quantitative estimate of drug-likeness (QED) is 0.323. The molecule has 188 valence electrons. The van der Waals surface area contributed by atoms with Crippen molar-refractivity contribution in [2.75, 3.05) is 19.3 Å². The summed E-state index contributed by atoms with van der Waals surface area (Å²) in [5.74, 6) is 4.97. The Balaban J connectivity index is 1.60. The van der Waals surface area contributed by atoms with Crippen LogP contribution in [-0.4, -0.2) is 89.4 Å². The normalized spacial score (nSPS) is 21.3. The molecule has 2 amide bonds. The number of aliphatic hydroxyl groups is 2. The molecule has 0 saturated carbocycles. The van der Waals surface area contributed by atoms with Gasteiger partial charge < -0.3 is 30.9 Å². The maximum absolute atomic E-state index is 12.8. The average molecular weight is 495 g/mol. The number of aliphatic hydroxyl groups excluding tert-OH is 2. The summed E-state index contributed by atoms with van der Waals surface area (Å²) in [6.07, 6.45) is -2.42. The van der Waals surface area contributed by atoms with Gasteiger partial charge in [-0.05, 0) is 31.9 Å². The lowest BCUT2D eigenvalue weighted by atomic mass is 10.1. The first-order valence-electron chi connectivity index (χ1n) is 11.2. The van der Waals surface area contributed by atoms with Gasteiger partial charge in [-0.15, -0.1) is 0 Å². The zero-order chi connectivity index (χ0) is 26.0. The van der Waals surface area contributed by atoms with Crippen LogP contribution in [-0.2, 0) is 9.53 Å². The molecule has 0 aliphatic carbocycles. The lowest BCUT2D eigenvalue weighted by Crippen LogP contribution is -2.41. The number of pyridine rings is 1. The van der Waals surface area contributed by atoms with Crippen LogP contribution >= 0.6 is 0 Å². The van der Waals surface area contributed by atoms with Crippen molar-refractivity contribution < 1.29 is 24.5 Å². The molecule has 0 spiro atoms. The molecule has 3 aromatic rings. The number of hydrogen-bond acceptors (Lipinski definition) is 10. The highest BCUT2D eigenvalue weighted by Crippen LogP contribution is 2.32. The van der Waals surface area contributed by atoms with Gasteiger partial charge in [0.25, 0.3) is 11.8 Å². The van der Waals surface area contributed by atoms with Crippen molar-refractivity contribution in [3.05, 3.63) is 42.2 Å². The van der Waals surface area contributed by atoms with Gasteiger partial charge in [0.1, 0.15) is 23.4 Å². The summed E-state index contributed by atoms with van der Waals surface area (Å²) in [5.41, 5.74) is 6.80. The molecule has 3 aromatic heterocycles. The lowest BCUT2D eigenvalue weighted by molar-refractivity contribution is -0.137. The van der Waals surface area contributed by atoms with E-state index in [0.29, 0.717) is 5.69 Å². The molecule has 0 bridgehead atoms. The largest absolute Gasteiger partial charge is 0.387 e. The maximum atomic E-state index is 12.8. The van der Waals surface area contributed by atoms with Crippen molar-refractivity contribution in [3.8, 4) is 11.8 Å². The molecule has 1 unspecified atom stereocenters. The first-order valence-corrected chi connectivity index (χ1v) is 11.2. The van der Waals surface area contributed by atoms with Crippen molar-refractivity contribution >= 4 is 28.8 Å². The highest BCUT2D eigenvalue weighted by molar-refractivity contribution is 5.92. The third-order valence-electron chi connectivity index (χ3n) is 5.68. The number of imidazole rings is 1. The summed E-state index contributed by atoms with van der Waals surface area (Å²) in [6, 6.07) is 4.97. The number of fused-ring (bicyclic) bond motifs is 1. The SMILES string of the molecule is CNC(=O)[C@H]1O[C@@H](n2cnc3c(N)nc(C#CCN(C(=O)c4ccccn4)C(C)C)nc32)C(O)[C@@H]1O. The van der Waals surface area contributed by atoms with Crippen LogP contribution in [0.2, 0.25) is 0 Å². The molecule has 1 saturated heterocycles. The number of nitrogens with one attached hydrogen (secondary N) is 1. The van der Waals surface area contributed by atoms with E-state index in [4.69, 9.17) is 10.5 Å². The number of anilines is 1. The van der Waals surface area contributed by atoms with Gasteiger partial charge >= 0.3 is 0 Å². The van der Waals surface area contributed by atoms with Crippen molar-refractivity contribution in [2.24, 2.45) is 0 Å². The van der Waals surface area contributed by atoms with Crippen LogP contribution in [0.5, 0.6) is 0 Å². The molecule has 1 aliphatic rings. The Morgan fingerprint density at radius 3 is 2.69 bits per heavy atom. The minimum Gasteiger partial charge on any atom is -0.387 e. The van der Waals surface area contributed by atoms with E-state index in [1.165, 1.54) is 17.9 Å². The van der Waals surface area contributed by atoms with Gasteiger partial charge in [-0.2, -0.15) is 0 Å². The summed E-state index contributed by atoms with van der Waals surface area (Å²) in [6.45, 7) is 3.84. The van der Waals surface area contributed by atoms with E-state index in [2.05, 4.69) is 37.1 Å². The molecule has 13 nitrogen and oxygen atoms in total. The van der Waals surface area contributed by atoms with Crippen LogP contribution < -0.4 is 11.1 Å². The summed E-state index contributed by atoms with van der Waals surface area (Å²) in [7, 11) is 1.40. The van der Waals surface area contributed by atoms with E-state index in [0.717, 1.165) is 0 Å². The Morgan fingerprint density at radius 2 is 2.03 bits per heavy atom. The number of amides is 2. The fraction of sp³-hybridized carbons (Fsp3) is 0.391. The smallest absolute Gasteiger partial charge is 0.273 e. The van der Waals surface area contributed by atoms with Gasteiger partial charge in [-0.25, -0.2) is 15.0 Å². The third-order valence-corrected chi connectivity index (χ3v) is 5.68. The number of carbonyl (C=O) groups is 2. The molecule has 4 heterocycles. The third kappa shape index (κ3) is 4.69. The fourth-order valence-corrected chi connectivity index (χ4v) is 3.76. The molecule has 0 radical (unpaired) electrons. The van der Waals surface area contributed by atoms with Crippen molar-refractivity contribution in [1.82, 2.24) is 34.7 Å². The monoisotopic (exact) mass is 494 g/mol. The molecular formula is C23H26N8O5. The predicted molar refractivity (Wildman–Crippen MR) is 127 cm³/mol. The molecule has 0 aromatic carbocycles. The van der Waals surface area contributed by atoms with Crippen LogP contribution in [0.4, 0.5) is 5.82 Å². The lowest BCUT2D eigenvalue weighted by Gasteiger charge is -2.23. The van der Waals surface area contributed by atoms with Crippen molar-refractivity contribution in [2.45, 2.75) is 44.4 Å². The number of aromatic nitrogens is 5. The Hall–Kier alpha value is -4.12. The van der Waals surface area contributed by atoms with Gasteiger partial charge in [0.2, 0.25) is 5.82 Å².